The van der Waals surface area contributed by atoms with Crippen molar-refractivity contribution in [1.29, 1.82) is 0 Å². The van der Waals surface area contributed by atoms with Gasteiger partial charge in [-0.2, -0.15) is 0 Å². The molecule has 0 aliphatic heterocycles. The van der Waals surface area contributed by atoms with Crippen LogP contribution in [0.25, 0.3) is 0 Å². The van der Waals surface area contributed by atoms with Crippen molar-refractivity contribution in [2.24, 2.45) is 11.7 Å². The van der Waals surface area contributed by atoms with Crippen molar-refractivity contribution in [1.82, 2.24) is 0 Å². The SMILES string of the molecule is C.CCCCCCCC(N)C(C)CO. The summed E-state index contributed by atoms with van der Waals surface area (Å²) < 4.78 is 0. The third-order valence-electron chi connectivity index (χ3n) is 2.66. The largest absolute Gasteiger partial charge is 0.396 e. The van der Waals surface area contributed by atoms with E-state index in [-0.39, 0.29) is 26.0 Å². The van der Waals surface area contributed by atoms with E-state index in [9.17, 15) is 0 Å². The zero-order valence-electron chi connectivity index (χ0n) is 9.13. The molecule has 0 saturated heterocycles. The highest BCUT2D eigenvalue weighted by Gasteiger charge is 2.10. The summed E-state index contributed by atoms with van der Waals surface area (Å²) in [5.74, 6) is 0.256. The molecule has 0 fully saturated rings. The zero-order valence-corrected chi connectivity index (χ0v) is 9.13. The topological polar surface area (TPSA) is 46.2 Å². The monoisotopic (exact) mass is 203 g/mol. The fourth-order valence-corrected chi connectivity index (χ4v) is 1.40. The van der Waals surface area contributed by atoms with Gasteiger partial charge in [0.25, 0.3) is 0 Å². The van der Waals surface area contributed by atoms with E-state index in [1.165, 1.54) is 32.1 Å². The summed E-state index contributed by atoms with van der Waals surface area (Å²) in [5.41, 5.74) is 5.88. The predicted molar refractivity (Wildman–Crippen MR) is 64.3 cm³/mol. The third kappa shape index (κ3) is 8.52. The van der Waals surface area contributed by atoms with Gasteiger partial charge >= 0.3 is 0 Å². The maximum atomic E-state index is 8.87. The quantitative estimate of drug-likeness (QED) is 0.596. The molecular weight excluding hydrogens is 174 g/mol. The lowest BCUT2D eigenvalue weighted by Crippen LogP contribution is -2.30. The summed E-state index contributed by atoms with van der Waals surface area (Å²) in [6.07, 6.45) is 7.53. The van der Waals surface area contributed by atoms with Crippen LogP contribution >= 0.6 is 0 Å². The fourth-order valence-electron chi connectivity index (χ4n) is 1.40. The highest BCUT2D eigenvalue weighted by Crippen LogP contribution is 2.10. The molecular formula is C12H29NO. The van der Waals surface area contributed by atoms with Crippen molar-refractivity contribution < 1.29 is 5.11 Å². The molecule has 0 rings (SSSR count). The molecule has 0 bridgehead atoms. The maximum Gasteiger partial charge on any atom is 0.0471 e. The minimum Gasteiger partial charge on any atom is -0.396 e. The van der Waals surface area contributed by atoms with Crippen molar-refractivity contribution >= 4 is 0 Å². The van der Waals surface area contributed by atoms with Gasteiger partial charge in [-0.1, -0.05) is 53.4 Å². The molecule has 2 heteroatoms. The lowest BCUT2D eigenvalue weighted by atomic mass is 9.97. The van der Waals surface area contributed by atoms with Gasteiger partial charge < -0.3 is 10.8 Å². The van der Waals surface area contributed by atoms with E-state index in [2.05, 4.69) is 6.92 Å². The second-order valence-corrected chi connectivity index (χ2v) is 4.03. The number of hydrogen-bond donors (Lipinski definition) is 2. The van der Waals surface area contributed by atoms with Gasteiger partial charge in [0.2, 0.25) is 0 Å². The van der Waals surface area contributed by atoms with E-state index in [0.29, 0.717) is 0 Å². The molecule has 0 aliphatic rings. The van der Waals surface area contributed by atoms with Gasteiger partial charge in [-0.05, 0) is 12.3 Å². The summed E-state index contributed by atoms with van der Waals surface area (Å²) >= 11 is 0. The Hall–Kier alpha value is -0.0800. The number of aliphatic hydroxyl groups excluding tert-OH is 1. The summed E-state index contributed by atoms with van der Waals surface area (Å²) in [6, 6.07) is 0.187. The Morgan fingerprint density at radius 1 is 1.14 bits per heavy atom. The van der Waals surface area contributed by atoms with Gasteiger partial charge in [0.05, 0.1) is 0 Å². The van der Waals surface area contributed by atoms with E-state index >= 15 is 0 Å². The molecule has 2 nitrogen and oxygen atoms in total. The van der Waals surface area contributed by atoms with E-state index < -0.39 is 0 Å². The van der Waals surface area contributed by atoms with Gasteiger partial charge in [0, 0.05) is 12.6 Å². The molecule has 0 aromatic heterocycles. The van der Waals surface area contributed by atoms with E-state index in [1.807, 2.05) is 6.92 Å². The zero-order chi connectivity index (χ0) is 10.1. The first kappa shape index (κ1) is 16.4. The minimum absolute atomic E-state index is 0. The second kappa shape index (κ2) is 11.0. The Kier molecular flexibility index (Phi) is 12.8. The van der Waals surface area contributed by atoms with Crippen LogP contribution in [0.2, 0.25) is 0 Å². The molecule has 2 atom stereocenters. The molecule has 0 radical (unpaired) electrons. The van der Waals surface area contributed by atoms with Gasteiger partial charge in [-0.25, -0.2) is 0 Å². The first-order valence-electron chi connectivity index (χ1n) is 5.58. The molecule has 0 aromatic rings. The molecule has 0 aromatic carbocycles. The minimum atomic E-state index is 0. The third-order valence-corrected chi connectivity index (χ3v) is 2.66. The van der Waals surface area contributed by atoms with Crippen molar-refractivity contribution in [2.45, 2.75) is 65.8 Å². The molecule has 0 aliphatic carbocycles. The summed E-state index contributed by atoms with van der Waals surface area (Å²) in [4.78, 5) is 0. The fraction of sp³-hybridized carbons (Fsp3) is 1.00. The average molecular weight is 203 g/mol. The van der Waals surface area contributed by atoms with Crippen LogP contribution in [0.15, 0.2) is 0 Å². The first-order chi connectivity index (χ1) is 6.22. The molecule has 2 unspecified atom stereocenters. The number of nitrogens with two attached hydrogens (primary N) is 1. The van der Waals surface area contributed by atoms with Crippen LogP contribution in [0.5, 0.6) is 0 Å². The number of rotatable bonds is 8. The van der Waals surface area contributed by atoms with Gasteiger partial charge in [0.1, 0.15) is 0 Å². The van der Waals surface area contributed by atoms with Crippen molar-refractivity contribution in [3.05, 3.63) is 0 Å². The normalized spacial score (nSPS) is 14.6. The van der Waals surface area contributed by atoms with Gasteiger partial charge in [0.15, 0.2) is 0 Å². The Morgan fingerprint density at radius 2 is 1.71 bits per heavy atom. The van der Waals surface area contributed by atoms with Gasteiger partial charge in [-0.3, -0.25) is 0 Å². The summed E-state index contributed by atoms with van der Waals surface area (Å²) in [6.45, 7) is 4.45. The number of aliphatic hydroxyl groups is 1. The Bertz CT molecular complexity index is 106. The van der Waals surface area contributed by atoms with Crippen LogP contribution in [-0.2, 0) is 0 Å². The van der Waals surface area contributed by atoms with Crippen LogP contribution in [-0.4, -0.2) is 17.8 Å². The van der Waals surface area contributed by atoms with E-state index in [1.54, 1.807) is 0 Å². The van der Waals surface area contributed by atoms with Crippen LogP contribution < -0.4 is 5.73 Å². The molecule has 3 N–H and O–H groups in total. The summed E-state index contributed by atoms with van der Waals surface area (Å²) in [7, 11) is 0. The first-order valence-corrected chi connectivity index (χ1v) is 5.58. The van der Waals surface area contributed by atoms with Gasteiger partial charge in [-0.15, -0.1) is 0 Å². The standard InChI is InChI=1S/C11H25NO.CH4/c1-3-4-5-6-7-8-11(12)10(2)9-13;/h10-11,13H,3-9,12H2,1-2H3;1H4. The Balaban J connectivity index is 0. The van der Waals surface area contributed by atoms with E-state index in [4.69, 9.17) is 10.8 Å². The number of unbranched alkanes of at least 4 members (excludes halogenated alkanes) is 4. The molecule has 88 valence electrons. The van der Waals surface area contributed by atoms with Crippen molar-refractivity contribution in [3.63, 3.8) is 0 Å². The Morgan fingerprint density at radius 3 is 2.21 bits per heavy atom. The van der Waals surface area contributed by atoms with Crippen LogP contribution in [0.3, 0.4) is 0 Å². The second-order valence-electron chi connectivity index (χ2n) is 4.03. The molecule has 0 saturated carbocycles. The highest BCUT2D eigenvalue weighted by atomic mass is 16.3. The van der Waals surface area contributed by atoms with Crippen LogP contribution in [0.4, 0.5) is 0 Å². The average Bonchev–Trinajstić information content (AvgIpc) is 2.16. The van der Waals surface area contributed by atoms with Crippen molar-refractivity contribution in [3.8, 4) is 0 Å². The lowest BCUT2D eigenvalue weighted by Gasteiger charge is -2.17. The molecule has 0 spiro atoms. The van der Waals surface area contributed by atoms with Crippen molar-refractivity contribution in [2.75, 3.05) is 6.61 Å². The lowest BCUT2D eigenvalue weighted by molar-refractivity contribution is 0.211. The maximum absolute atomic E-state index is 8.87. The molecule has 0 heterocycles. The highest BCUT2D eigenvalue weighted by molar-refractivity contribution is 4.67. The Labute approximate surface area is 89.9 Å². The molecule has 0 amide bonds. The smallest absolute Gasteiger partial charge is 0.0471 e. The molecule has 14 heavy (non-hydrogen) atoms. The predicted octanol–water partition coefficient (Wildman–Crippen LogP) is 2.94. The van der Waals surface area contributed by atoms with E-state index in [0.717, 1.165) is 6.42 Å². The summed E-state index contributed by atoms with van der Waals surface area (Å²) in [5, 5.41) is 8.87. The number of hydrogen-bond acceptors (Lipinski definition) is 2. The van der Waals surface area contributed by atoms with Crippen LogP contribution in [0, 0.1) is 5.92 Å². The van der Waals surface area contributed by atoms with Crippen LogP contribution in [0.1, 0.15) is 59.8 Å².